The fraction of sp³-hybridized carbons (Fsp3) is 0.556. The topological polar surface area (TPSA) is 101 Å². The molecule has 0 unspecified atom stereocenters. The van der Waals surface area contributed by atoms with Crippen molar-refractivity contribution in [3.63, 3.8) is 0 Å². The van der Waals surface area contributed by atoms with Gasteiger partial charge in [0.1, 0.15) is 11.5 Å². The molecule has 2 amide bonds. The first-order valence-electron chi connectivity index (χ1n) is 8.75. The molecule has 140 valence electrons. The standard InChI is InChI=1S/C18H24N4O4/c1-10-7-15(11(2)25-10)17(23)20-14-6-5-13(8-14)18(24)22(4)9-16-19-12(3)21-26-16/h7,13-14H,5-6,8-9H2,1-4H3,(H,20,23)/t13-,14+/m1/s1. The average molecular weight is 360 g/mol. The van der Waals surface area contributed by atoms with E-state index in [2.05, 4.69) is 15.5 Å². The first-order valence-corrected chi connectivity index (χ1v) is 8.75. The molecular formula is C18H24N4O4. The molecule has 2 heterocycles. The van der Waals surface area contributed by atoms with Crippen LogP contribution in [-0.2, 0) is 11.3 Å². The van der Waals surface area contributed by atoms with E-state index in [0.717, 1.165) is 12.8 Å². The number of carbonyl (C=O) groups excluding carboxylic acids is 2. The number of nitrogens with zero attached hydrogens (tertiary/aromatic N) is 3. The molecule has 1 aliphatic rings. The van der Waals surface area contributed by atoms with E-state index in [1.54, 1.807) is 31.9 Å². The third-order valence-corrected chi connectivity index (χ3v) is 4.72. The fourth-order valence-electron chi connectivity index (χ4n) is 3.45. The van der Waals surface area contributed by atoms with Crippen molar-refractivity contribution in [3.8, 4) is 0 Å². The SMILES string of the molecule is Cc1noc(CN(C)C(=O)[C@@H]2CC[C@H](NC(=O)c3cc(C)oc3C)C2)n1. The lowest BCUT2D eigenvalue weighted by Gasteiger charge is -2.19. The second-order valence-electron chi connectivity index (χ2n) is 6.94. The van der Waals surface area contributed by atoms with Gasteiger partial charge >= 0.3 is 0 Å². The van der Waals surface area contributed by atoms with Gasteiger partial charge in [-0.05, 0) is 46.1 Å². The minimum Gasteiger partial charge on any atom is -0.466 e. The normalized spacial score (nSPS) is 19.5. The van der Waals surface area contributed by atoms with Crippen molar-refractivity contribution in [2.24, 2.45) is 5.92 Å². The Balaban J connectivity index is 1.53. The largest absolute Gasteiger partial charge is 0.466 e. The van der Waals surface area contributed by atoms with Gasteiger partial charge in [-0.3, -0.25) is 9.59 Å². The zero-order valence-corrected chi connectivity index (χ0v) is 15.5. The minimum absolute atomic E-state index is 0.00916. The summed E-state index contributed by atoms with van der Waals surface area (Å²) >= 11 is 0. The zero-order valence-electron chi connectivity index (χ0n) is 15.5. The van der Waals surface area contributed by atoms with Crippen LogP contribution in [0.3, 0.4) is 0 Å². The van der Waals surface area contributed by atoms with Gasteiger partial charge in [0.05, 0.1) is 12.1 Å². The lowest BCUT2D eigenvalue weighted by atomic mass is 10.1. The Hall–Kier alpha value is -2.64. The van der Waals surface area contributed by atoms with Crippen LogP contribution in [0.1, 0.15) is 52.9 Å². The van der Waals surface area contributed by atoms with Gasteiger partial charge in [-0.2, -0.15) is 4.98 Å². The number of rotatable bonds is 5. The van der Waals surface area contributed by atoms with Crippen LogP contribution in [0.15, 0.2) is 15.0 Å². The summed E-state index contributed by atoms with van der Waals surface area (Å²) in [6.07, 6.45) is 2.17. The molecule has 0 saturated heterocycles. The van der Waals surface area contributed by atoms with Gasteiger partial charge < -0.3 is 19.2 Å². The Morgan fingerprint density at radius 1 is 1.31 bits per heavy atom. The molecule has 8 nitrogen and oxygen atoms in total. The molecule has 0 aromatic carbocycles. The van der Waals surface area contributed by atoms with Crippen molar-refractivity contribution in [1.82, 2.24) is 20.4 Å². The third kappa shape index (κ3) is 3.95. The molecule has 2 aromatic rings. The molecule has 2 aromatic heterocycles. The van der Waals surface area contributed by atoms with Crippen LogP contribution in [0, 0.1) is 26.7 Å². The third-order valence-electron chi connectivity index (χ3n) is 4.72. The van der Waals surface area contributed by atoms with Crippen LogP contribution in [-0.4, -0.2) is 39.9 Å². The summed E-state index contributed by atoms with van der Waals surface area (Å²) in [5, 5.41) is 6.75. The average Bonchev–Trinajstić information content (AvgIpc) is 3.28. The highest BCUT2D eigenvalue weighted by Crippen LogP contribution is 2.28. The number of furan rings is 1. The van der Waals surface area contributed by atoms with Gasteiger partial charge in [0.2, 0.25) is 11.8 Å². The summed E-state index contributed by atoms with van der Waals surface area (Å²) in [4.78, 5) is 30.7. The van der Waals surface area contributed by atoms with Crippen LogP contribution in [0.4, 0.5) is 0 Å². The predicted octanol–water partition coefficient (Wildman–Crippen LogP) is 2.14. The molecule has 0 radical (unpaired) electrons. The van der Waals surface area contributed by atoms with Crippen molar-refractivity contribution in [2.75, 3.05) is 7.05 Å². The Kier molecular flexibility index (Phi) is 5.11. The van der Waals surface area contributed by atoms with Crippen molar-refractivity contribution in [2.45, 2.75) is 52.6 Å². The number of carbonyl (C=O) groups is 2. The molecule has 0 aliphatic heterocycles. The number of aryl methyl sites for hydroxylation is 3. The van der Waals surface area contributed by atoms with Crippen LogP contribution in [0.2, 0.25) is 0 Å². The maximum Gasteiger partial charge on any atom is 0.255 e. The fourth-order valence-corrected chi connectivity index (χ4v) is 3.45. The van der Waals surface area contributed by atoms with E-state index in [-0.39, 0.29) is 23.8 Å². The number of aromatic nitrogens is 2. The van der Waals surface area contributed by atoms with Crippen LogP contribution in [0.25, 0.3) is 0 Å². The molecule has 1 N–H and O–H groups in total. The highest BCUT2D eigenvalue weighted by Gasteiger charge is 2.33. The second-order valence-corrected chi connectivity index (χ2v) is 6.94. The van der Waals surface area contributed by atoms with Crippen molar-refractivity contribution in [1.29, 1.82) is 0 Å². The van der Waals surface area contributed by atoms with Gasteiger partial charge in [0, 0.05) is 19.0 Å². The van der Waals surface area contributed by atoms with E-state index in [0.29, 0.717) is 41.8 Å². The molecule has 8 heteroatoms. The van der Waals surface area contributed by atoms with Gasteiger partial charge in [0.15, 0.2) is 5.82 Å². The molecule has 26 heavy (non-hydrogen) atoms. The smallest absolute Gasteiger partial charge is 0.255 e. The van der Waals surface area contributed by atoms with E-state index >= 15 is 0 Å². The summed E-state index contributed by atoms with van der Waals surface area (Å²) in [7, 11) is 1.73. The maximum atomic E-state index is 12.6. The van der Waals surface area contributed by atoms with Gasteiger partial charge in [0.25, 0.3) is 5.91 Å². The lowest BCUT2D eigenvalue weighted by Crippen LogP contribution is -2.35. The summed E-state index contributed by atoms with van der Waals surface area (Å²) in [5.74, 6) is 2.08. The van der Waals surface area contributed by atoms with E-state index < -0.39 is 0 Å². The Morgan fingerprint density at radius 3 is 2.69 bits per heavy atom. The van der Waals surface area contributed by atoms with Crippen LogP contribution < -0.4 is 5.32 Å². The maximum absolute atomic E-state index is 12.6. The second kappa shape index (κ2) is 7.31. The van der Waals surface area contributed by atoms with E-state index in [1.807, 2.05) is 6.92 Å². The summed E-state index contributed by atoms with van der Waals surface area (Å²) in [5.41, 5.74) is 0.557. The highest BCUT2D eigenvalue weighted by molar-refractivity contribution is 5.95. The van der Waals surface area contributed by atoms with E-state index in [4.69, 9.17) is 8.94 Å². The number of hydrogen-bond donors (Lipinski definition) is 1. The predicted molar refractivity (Wildman–Crippen MR) is 92.3 cm³/mol. The molecule has 1 aliphatic carbocycles. The number of hydrogen-bond acceptors (Lipinski definition) is 6. The Bertz CT molecular complexity index is 810. The summed E-state index contributed by atoms with van der Waals surface area (Å²) < 4.78 is 10.5. The minimum atomic E-state index is -0.146. The van der Waals surface area contributed by atoms with Crippen molar-refractivity contribution < 1.29 is 18.5 Å². The van der Waals surface area contributed by atoms with Gasteiger partial charge in [-0.25, -0.2) is 0 Å². The van der Waals surface area contributed by atoms with Gasteiger partial charge in [-0.1, -0.05) is 5.16 Å². The Labute approximate surface area is 151 Å². The molecule has 2 atom stereocenters. The molecule has 0 spiro atoms. The monoisotopic (exact) mass is 360 g/mol. The van der Waals surface area contributed by atoms with Crippen molar-refractivity contribution in [3.05, 3.63) is 34.9 Å². The van der Waals surface area contributed by atoms with Crippen molar-refractivity contribution >= 4 is 11.8 Å². The molecule has 3 rings (SSSR count). The van der Waals surface area contributed by atoms with E-state index in [1.165, 1.54) is 0 Å². The quantitative estimate of drug-likeness (QED) is 0.876. The Morgan fingerprint density at radius 2 is 2.08 bits per heavy atom. The lowest BCUT2D eigenvalue weighted by molar-refractivity contribution is -0.134. The van der Waals surface area contributed by atoms with Crippen LogP contribution in [0.5, 0.6) is 0 Å². The number of nitrogens with one attached hydrogen (secondary N) is 1. The highest BCUT2D eigenvalue weighted by atomic mass is 16.5. The molecule has 1 saturated carbocycles. The van der Waals surface area contributed by atoms with E-state index in [9.17, 15) is 9.59 Å². The van der Waals surface area contributed by atoms with Crippen LogP contribution >= 0.6 is 0 Å². The first-order chi connectivity index (χ1) is 12.3. The summed E-state index contributed by atoms with van der Waals surface area (Å²) in [6.45, 7) is 5.62. The summed E-state index contributed by atoms with van der Waals surface area (Å²) in [6, 6.07) is 1.73. The molecular weight excluding hydrogens is 336 g/mol. The zero-order chi connectivity index (χ0) is 18.8. The molecule has 1 fully saturated rings. The molecule has 0 bridgehead atoms. The first kappa shape index (κ1) is 18.2. The van der Waals surface area contributed by atoms with Gasteiger partial charge in [-0.15, -0.1) is 0 Å². The number of amides is 2.